The number of nitrogens with zero attached hydrogens (tertiary/aromatic N) is 3. The molecule has 0 saturated carbocycles. The smallest absolute Gasteiger partial charge is 0.410 e. The summed E-state index contributed by atoms with van der Waals surface area (Å²) in [6.07, 6.45) is 2.05. The molecule has 8 heteroatoms. The van der Waals surface area contributed by atoms with Crippen molar-refractivity contribution in [3.63, 3.8) is 0 Å². The zero-order chi connectivity index (χ0) is 25.0. The van der Waals surface area contributed by atoms with Crippen LogP contribution in [0.5, 0.6) is 0 Å². The van der Waals surface area contributed by atoms with Gasteiger partial charge in [0.1, 0.15) is 5.60 Å². The fraction of sp³-hybridized carbons (Fsp3) is 0.615. The van der Waals surface area contributed by atoms with Crippen LogP contribution in [0.25, 0.3) is 0 Å². The van der Waals surface area contributed by atoms with Gasteiger partial charge >= 0.3 is 6.09 Å². The number of amides is 4. The Hall–Kier alpha value is -2.90. The van der Waals surface area contributed by atoms with E-state index in [2.05, 4.69) is 0 Å². The number of imide groups is 1. The Morgan fingerprint density at radius 3 is 2.26 bits per heavy atom. The summed E-state index contributed by atoms with van der Waals surface area (Å²) in [6.45, 7) is 11.6. The van der Waals surface area contributed by atoms with Crippen LogP contribution in [0.1, 0.15) is 76.2 Å². The SMILES string of the molecule is CC(C)N(CC1CCCN(C(=O)c2ccc(CN3C(=O)CCC3=O)cc2)C1)C(=O)OC(C)(C)C. The maximum Gasteiger partial charge on any atom is 0.410 e. The van der Waals surface area contributed by atoms with E-state index in [1.54, 1.807) is 29.2 Å². The third kappa shape index (κ3) is 6.58. The summed E-state index contributed by atoms with van der Waals surface area (Å²) >= 11 is 0. The van der Waals surface area contributed by atoms with Gasteiger partial charge in [0.05, 0.1) is 6.54 Å². The van der Waals surface area contributed by atoms with Gasteiger partial charge in [0.2, 0.25) is 11.8 Å². The van der Waals surface area contributed by atoms with E-state index in [-0.39, 0.29) is 55.2 Å². The minimum Gasteiger partial charge on any atom is -0.444 e. The second kappa shape index (κ2) is 10.6. The molecule has 3 rings (SSSR count). The van der Waals surface area contributed by atoms with Crippen LogP contribution in [0.3, 0.4) is 0 Å². The number of likely N-dealkylation sites (tertiary alicyclic amines) is 2. The summed E-state index contributed by atoms with van der Waals surface area (Å²) in [5.41, 5.74) is 0.846. The van der Waals surface area contributed by atoms with Crippen molar-refractivity contribution < 1.29 is 23.9 Å². The molecule has 2 saturated heterocycles. The molecule has 0 N–H and O–H groups in total. The quantitative estimate of drug-likeness (QED) is 0.589. The molecular weight excluding hydrogens is 434 g/mol. The lowest BCUT2D eigenvalue weighted by atomic mass is 9.96. The van der Waals surface area contributed by atoms with Gasteiger partial charge in [-0.05, 0) is 71.1 Å². The van der Waals surface area contributed by atoms with Crippen molar-refractivity contribution in [2.45, 2.75) is 78.5 Å². The molecule has 0 aliphatic carbocycles. The predicted octanol–water partition coefficient (Wildman–Crippen LogP) is 3.83. The molecule has 2 aliphatic rings. The monoisotopic (exact) mass is 471 g/mol. The molecule has 0 aromatic heterocycles. The normalized spacial score (nSPS) is 19.1. The average molecular weight is 472 g/mol. The first kappa shape index (κ1) is 25.7. The van der Waals surface area contributed by atoms with Gasteiger partial charge in [-0.1, -0.05) is 12.1 Å². The summed E-state index contributed by atoms with van der Waals surface area (Å²) in [5, 5.41) is 0. The van der Waals surface area contributed by atoms with Crippen molar-refractivity contribution in [2.75, 3.05) is 19.6 Å². The summed E-state index contributed by atoms with van der Waals surface area (Å²) < 4.78 is 5.58. The van der Waals surface area contributed by atoms with E-state index < -0.39 is 5.60 Å². The van der Waals surface area contributed by atoms with Gasteiger partial charge in [0, 0.05) is 44.1 Å². The first-order chi connectivity index (χ1) is 15.9. The lowest BCUT2D eigenvalue weighted by Crippen LogP contribution is -2.48. The Labute approximate surface area is 202 Å². The van der Waals surface area contributed by atoms with Crippen LogP contribution in [-0.4, -0.2) is 69.8 Å². The molecule has 0 spiro atoms. The third-order valence-electron chi connectivity index (χ3n) is 6.21. The van der Waals surface area contributed by atoms with Crippen molar-refractivity contribution in [1.29, 1.82) is 0 Å². The molecule has 1 unspecified atom stereocenters. The van der Waals surface area contributed by atoms with Gasteiger partial charge in [-0.3, -0.25) is 19.3 Å². The molecule has 0 bridgehead atoms. The highest BCUT2D eigenvalue weighted by atomic mass is 16.6. The second-order valence-electron chi connectivity index (χ2n) is 10.6. The van der Waals surface area contributed by atoms with Gasteiger partial charge in [0.15, 0.2) is 0 Å². The fourth-order valence-corrected chi connectivity index (χ4v) is 4.41. The van der Waals surface area contributed by atoms with Crippen LogP contribution in [0.15, 0.2) is 24.3 Å². The van der Waals surface area contributed by atoms with Crippen molar-refractivity contribution in [3.05, 3.63) is 35.4 Å². The second-order valence-corrected chi connectivity index (χ2v) is 10.6. The summed E-state index contributed by atoms with van der Waals surface area (Å²) in [5.74, 6) is -0.158. The highest BCUT2D eigenvalue weighted by Gasteiger charge is 2.31. The first-order valence-electron chi connectivity index (χ1n) is 12.2. The van der Waals surface area contributed by atoms with Crippen LogP contribution < -0.4 is 0 Å². The summed E-state index contributed by atoms with van der Waals surface area (Å²) in [4.78, 5) is 54.4. The lowest BCUT2D eigenvalue weighted by molar-refractivity contribution is -0.139. The minimum atomic E-state index is -0.555. The number of carbonyl (C=O) groups is 4. The molecule has 1 aromatic carbocycles. The van der Waals surface area contributed by atoms with E-state index >= 15 is 0 Å². The Morgan fingerprint density at radius 1 is 1.09 bits per heavy atom. The Kier molecular flexibility index (Phi) is 8.00. The molecule has 4 amide bonds. The third-order valence-corrected chi connectivity index (χ3v) is 6.21. The van der Waals surface area contributed by atoms with Crippen LogP contribution in [0.4, 0.5) is 4.79 Å². The minimum absolute atomic E-state index is 0.00263. The standard InChI is InChI=1S/C26H37N3O5/c1-18(2)28(25(33)34-26(3,4)5)17-20-7-6-14-27(15-20)24(32)21-10-8-19(9-11-21)16-29-22(30)12-13-23(29)31/h8-11,18,20H,6-7,12-17H2,1-5H3. The largest absolute Gasteiger partial charge is 0.444 e. The number of ether oxygens (including phenoxy) is 1. The van der Waals surface area contributed by atoms with Gasteiger partial charge < -0.3 is 14.5 Å². The highest BCUT2D eigenvalue weighted by molar-refractivity contribution is 6.01. The molecule has 2 fully saturated rings. The predicted molar refractivity (Wildman–Crippen MR) is 128 cm³/mol. The first-order valence-corrected chi connectivity index (χ1v) is 12.2. The number of carbonyl (C=O) groups excluding carboxylic acids is 4. The average Bonchev–Trinajstić information content (AvgIpc) is 3.08. The Morgan fingerprint density at radius 2 is 1.71 bits per heavy atom. The molecule has 1 aromatic rings. The maximum absolute atomic E-state index is 13.1. The summed E-state index contributed by atoms with van der Waals surface area (Å²) in [6, 6.07) is 7.12. The number of piperidine rings is 1. The molecular formula is C26H37N3O5. The van der Waals surface area contributed by atoms with Crippen molar-refractivity contribution >= 4 is 23.8 Å². The highest BCUT2D eigenvalue weighted by Crippen LogP contribution is 2.23. The van der Waals surface area contributed by atoms with Gasteiger partial charge in [0.25, 0.3) is 5.91 Å². The lowest BCUT2D eigenvalue weighted by Gasteiger charge is -2.37. The van der Waals surface area contributed by atoms with E-state index in [1.165, 1.54) is 4.90 Å². The molecule has 34 heavy (non-hydrogen) atoms. The maximum atomic E-state index is 13.1. The molecule has 8 nitrogen and oxygen atoms in total. The van der Waals surface area contributed by atoms with E-state index in [0.717, 1.165) is 18.4 Å². The molecule has 0 radical (unpaired) electrons. The molecule has 2 aliphatic heterocycles. The molecule has 2 heterocycles. The van der Waals surface area contributed by atoms with E-state index in [9.17, 15) is 19.2 Å². The molecule has 186 valence electrons. The van der Waals surface area contributed by atoms with Crippen LogP contribution >= 0.6 is 0 Å². The van der Waals surface area contributed by atoms with Crippen molar-refractivity contribution in [2.24, 2.45) is 5.92 Å². The van der Waals surface area contributed by atoms with Gasteiger partial charge in [-0.25, -0.2) is 4.79 Å². The fourth-order valence-electron chi connectivity index (χ4n) is 4.41. The van der Waals surface area contributed by atoms with E-state index in [0.29, 0.717) is 25.2 Å². The van der Waals surface area contributed by atoms with E-state index in [1.807, 2.05) is 39.5 Å². The number of rotatable bonds is 6. The topological polar surface area (TPSA) is 87.2 Å². The molecule has 1 atom stereocenters. The number of hydrogen-bond donors (Lipinski definition) is 0. The van der Waals surface area contributed by atoms with E-state index in [4.69, 9.17) is 4.74 Å². The zero-order valence-electron chi connectivity index (χ0n) is 21.0. The number of hydrogen-bond acceptors (Lipinski definition) is 5. The van der Waals surface area contributed by atoms with Crippen LogP contribution in [0.2, 0.25) is 0 Å². The zero-order valence-corrected chi connectivity index (χ0v) is 21.0. The van der Waals surface area contributed by atoms with Gasteiger partial charge in [-0.2, -0.15) is 0 Å². The Bertz CT molecular complexity index is 903. The van der Waals surface area contributed by atoms with Crippen molar-refractivity contribution in [3.8, 4) is 0 Å². The Balaban J connectivity index is 1.60. The van der Waals surface area contributed by atoms with Gasteiger partial charge in [-0.15, -0.1) is 0 Å². The summed E-state index contributed by atoms with van der Waals surface area (Å²) in [7, 11) is 0. The van der Waals surface area contributed by atoms with Crippen molar-refractivity contribution in [1.82, 2.24) is 14.7 Å². The number of benzene rings is 1. The van der Waals surface area contributed by atoms with Crippen LogP contribution in [-0.2, 0) is 20.9 Å². The van der Waals surface area contributed by atoms with Crippen LogP contribution in [0, 0.1) is 5.92 Å².